The first-order valence-corrected chi connectivity index (χ1v) is 8.40. The van der Waals surface area contributed by atoms with Crippen molar-refractivity contribution in [3.8, 4) is 11.5 Å². The zero-order valence-corrected chi connectivity index (χ0v) is 14.6. The molecule has 26 heavy (non-hydrogen) atoms. The molecule has 0 saturated heterocycles. The molecule has 0 saturated carbocycles. The van der Waals surface area contributed by atoms with Gasteiger partial charge in [-0.2, -0.15) is 0 Å². The van der Waals surface area contributed by atoms with Gasteiger partial charge in [0.25, 0.3) is 0 Å². The molecule has 1 aliphatic rings. The summed E-state index contributed by atoms with van der Waals surface area (Å²) in [4.78, 5) is 24.4. The lowest BCUT2D eigenvalue weighted by molar-refractivity contribution is -0.113. The molecule has 0 aliphatic carbocycles. The number of hydrogen-bond acceptors (Lipinski definition) is 4. The first kappa shape index (κ1) is 17.7. The molecule has 1 N–H and O–H groups in total. The van der Waals surface area contributed by atoms with E-state index in [0.29, 0.717) is 12.0 Å². The van der Waals surface area contributed by atoms with E-state index < -0.39 is 0 Å². The topological polar surface area (TPSA) is 63.6 Å². The maximum absolute atomic E-state index is 12.4. The van der Waals surface area contributed by atoms with Gasteiger partial charge in [-0.05, 0) is 60.0 Å². The standard InChI is InChI=1S/C22H20O4/c1-14(2)22-12-17-11-16(6-10-21(17)26-22)20(25)13-19(24)9-5-15-3-7-18(23)8-4-15/h3-11,22-23H,1,12-13H2,2H3/b9-5+/t22-/m0/s1. The summed E-state index contributed by atoms with van der Waals surface area (Å²) >= 11 is 0. The van der Waals surface area contributed by atoms with Crippen LogP contribution in [0.25, 0.3) is 6.08 Å². The molecule has 3 rings (SSSR count). The van der Waals surface area contributed by atoms with Gasteiger partial charge in [-0.1, -0.05) is 24.8 Å². The first-order chi connectivity index (χ1) is 12.4. The van der Waals surface area contributed by atoms with Crippen LogP contribution in [-0.4, -0.2) is 22.8 Å². The summed E-state index contributed by atoms with van der Waals surface area (Å²) in [6.07, 6.45) is 3.48. The molecule has 0 fully saturated rings. The van der Waals surface area contributed by atoms with Gasteiger partial charge in [0, 0.05) is 12.0 Å². The molecular weight excluding hydrogens is 328 g/mol. The number of carbonyl (C=O) groups is 2. The Balaban J connectivity index is 1.63. The summed E-state index contributed by atoms with van der Waals surface area (Å²) in [5, 5.41) is 9.24. The lowest BCUT2D eigenvalue weighted by Crippen LogP contribution is -2.13. The minimum absolute atomic E-state index is 0.0507. The highest BCUT2D eigenvalue weighted by molar-refractivity contribution is 6.12. The molecule has 1 aliphatic heterocycles. The van der Waals surface area contributed by atoms with Crippen molar-refractivity contribution in [3.63, 3.8) is 0 Å². The highest BCUT2D eigenvalue weighted by Gasteiger charge is 2.24. The van der Waals surface area contributed by atoms with E-state index in [2.05, 4.69) is 6.58 Å². The molecule has 0 spiro atoms. The van der Waals surface area contributed by atoms with Gasteiger partial charge in [0.1, 0.15) is 17.6 Å². The van der Waals surface area contributed by atoms with Crippen molar-refractivity contribution < 1.29 is 19.4 Å². The Hall–Kier alpha value is -3.14. The van der Waals surface area contributed by atoms with Gasteiger partial charge >= 0.3 is 0 Å². The predicted octanol–water partition coefficient (Wildman–Crippen LogP) is 4.13. The minimum Gasteiger partial charge on any atom is -0.508 e. The number of rotatable bonds is 6. The molecule has 4 heteroatoms. The Morgan fingerprint density at radius 2 is 1.96 bits per heavy atom. The van der Waals surface area contributed by atoms with Gasteiger partial charge < -0.3 is 9.84 Å². The van der Waals surface area contributed by atoms with E-state index >= 15 is 0 Å². The number of hydrogen-bond donors (Lipinski definition) is 1. The van der Waals surface area contributed by atoms with E-state index in [0.717, 1.165) is 22.4 Å². The second-order valence-corrected chi connectivity index (χ2v) is 6.47. The monoisotopic (exact) mass is 348 g/mol. The predicted molar refractivity (Wildman–Crippen MR) is 100 cm³/mol. The molecule has 0 unspecified atom stereocenters. The number of ether oxygens (including phenoxy) is 1. The Labute approximate surface area is 152 Å². The Bertz CT molecular complexity index is 891. The smallest absolute Gasteiger partial charge is 0.170 e. The van der Waals surface area contributed by atoms with Crippen LogP contribution >= 0.6 is 0 Å². The van der Waals surface area contributed by atoms with Crippen LogP contribution in [-0.2, 0) is 11.2 Å². The molecule has 132 valence electrons. The van der Waals surface area contributed by atoms with Crippen molar-refractivity contribution in [2.45, 2.75) is 25.9 Å². The number of allylic oxidation sites excluding steroid dienone is 1. The van der Waals surface area contributed by atoms with Crippen molar-refractivity contribution >= 4 is 17.6 Å². The Kier molecular flexibility index (Phi) is 5.03. The third-order valence-electron chi connectivity index (χ3n) is 4.30. The van der Waals surface area contributed by atoms with Crippen molar-refractivity contribution in [2.24, 2.45) is 0 Å². The van der Waals surface area contributed by atoms with Crippen LogP contribution < -0.4 is 4.74 Å². The lowest BCUT2D eigenvalue weighted by atomic mass is 10.00. The van der Waals surface area contributed by atoms with Gasteiger partial charge in [0.05, 0.1) is 6.42 Å². The van der Waals surface area contributed by atoms with Gasteiger partial charge in [-0.25, -0.2) is 0 Å². The molecule has 2 aromatic carbocycles. The van der Waals surface area contributed by atoms with Crippen LogP contribution in [0.1, 0.15) is 34.8 Å². The van der Waals surface area contributed by atoms with Gasteiger partial charge in [-0.15, -0.1) is 0 Å². The van der Waals surface area contributed by atoms with Crippen molar-refractivity contribution in [1.82, 2.24) is 0 Å². The number of phenolic OH excluding ortho intramolecular Hbond substituents is 1. The summed E-state index contributed by atoms with van der Waals surface area (Å²) in [6, 6.07) is 11.7. The summed E-state index contributed by atoms with van der Waals surface area (Å²) in [6.45, 7) is 5.83. The van der Waals surface area contributed by atoms with E-state index in [9.17, 15) is 14.7 Å². The van der Waals surface area contributed by atoms with E-state index in [1.807, 2.05) is 6.92 Å². The number of phenols is 1. The largest absolute Gasteiger partial charge is 0.508 e. The van der Waals surface area contributed by atoms with Crippen LogP contribution in [0.15, 0.2) is 60.7 Å². The number of aromatic hydroxyl groups is 1. The molecule has 1 heterocycles. The molecule has 1 atom stereocenters. The highest BCUT2D eigenvalue weighted by Crippen LogP contribution is 2.32. The number of benzene rings is 2. The lowest BCUT2D eigenvalue weighted by Gasteiger charge is -2.08. The fourth-order valence-corrected chi connectivity index (χ4v) is 2.79. The van der Waals surface area contributed by atoms with E-state index in [1.54, 1.807) is 48.5 Å². The molecule has 0 amide bonds. The third-order valence-corrected chi connectivity index (χ3v) is 4.30. The zero-order valence-electron chi connectivity index (χ0n) is 14.6. The van der Waals surface area contributed by atoms with E-state index in [4.69, 9.17) is 4.74 Å². The second-order valence-electron chi connectivity index (χ2n) is 6.47. The van der Waals surface area contributed by atoms with E-state index in [-0.39, 0.29) is 29.8 Å². The van der Waals surface area contributed by atoms with Crippen LogP contribution in [0.3, 0.4) is 0 Å². The quantitative estimate of drug-likeness (QED) is 0.369. The first-order valence-electron chi connectivity index (χ1n) is 8.40. The maximum atomic E-state index is 12.4. The van der Waals surface area contributed by atoms with Crippen molar-refractivity contribution in [3.05, 3.63) is 77.4 Å². The average molecular weight is 348 g/mol. The van der Waals surface area contributed by atoms with Crippen LogP contribution in [0.5, 0.6) is 11.5 Å². The molecule has 0 aromatic heterocycles. The third kappa shape index (κ3) is 4.09. The summed E-state index contributed by atoms with van der Waals surface area (Å²) in [7, 11) is 0. The number of carbonyl (C=O) groups excluding carboxylic acids is 2. The second kappa shape index (κ2) is 7.40. The van der Waals surface area contributed by atoms with Crippen LogP contribution in [0.2, 0.25) is 0 Å². The number of ketones is 2. The molecule has 0 radical (unpaired) electrons. The normalized spacial score (nSPS) is 15.5. The molecule has 4 nitrogen and oxygen atoms in total. The van der Waals surface area contributed by atoms with Gasteiger partial charge in [0.15, 0.2) is 11.6 Å². The molecular formula is C22H20O4. The van der Waals surface area contributed by atoms with Gasteiger partial charge in [0.2, 0.25) is 0 Å². The van der Waals surface area contributed by atoms with Crippen molar-refractivity contribution in [2.75, 3.05) is 0 Å². The number of Topliss-reactive ketones (excluding diaryl/α,β-unsaturated/α-hetero) is 1. The van der Waals surface area contributed by atoms with E-state index in [1.165, 1.54) is 6.08 Å². The average Bonchev–Trinajstić information content (AvgIpc) is 3.05. The van der Waals surface area contributed by atoms with Crippen molar-refractivity contribution in [1.29, 1.82) is 0 Å². The fourth-order valence-electron chi connectivity index (χ4n) is 2.79. The maximum Gasteiger partial charge on any atom is 0.170 e. The highest BCUT2D eigenvalue weighted by atomic mass is 16.5. The summed E-state index contributed by atoms with van der Waals surface area (Å²) in [5.41, 5.74) is 3.21. The van der Waals surface area contributed by atoms with Crippen LogP contribution in [0, 0.1) is 0 Å². The van der Waals surface area contributed by atoms with Crippen LogP contribution in [0.4, 0.5) is 0 Å². The van der Waals surface area contributed by atoms with Gasteiger partial charge in [-0.3, -0.25) is 9.59 Å². The number of fused-ring (bicyclic) bond motifs is 1. The zero-order chi connectivity index (χ0) is 18.7. The SMILES string of the molecule is C=C(C)[C@@H]1Cc2cc(C(=O)CC(=O)/C=C/c3ccc(O)cc3)ccc2O1. The minimum atomic E-state index is -0.264. The Morgan fingerprint density at radius 1 is 1.23 bits per heavy atom. The molecule has 2 aromatic rings. The molecule has 0 bridgehead atoms. The summed E-state index contributed by atoms with van der Waals surface area (Å²) in [5.74, 6) is 0.456. The fraction of sp³-hybridized carbons (Fsp3) is 0.182. The Morgan fingerprint density at radius 3 is 2.65 bits per heavy atom. The summed E-state index contributed by atoms with van der Waals surface area (Å²) < 4.78 is 5.77.